The van der Waals surface area contributed by atoms with Gasteiger partial charge in [-0.05, 0) is 18.2 Å². The van der Waals surface area contributed by atoms with Crippen LogP contribution in [0.2, 0.25) is 0 Å². The van der Waals surface area contributed by atoms with Crippen molar-refractivity contribution in [2.24, 2.45) is 0 Å². The van der Waals surface area contributed by atoms with E-state index >= 15 is 0 Å². The highest BCUT2D eigenvalue weighted by Crippen LogP contribution is 2.16. The molecule has 0 aliphatic rings. The second kappa shape index (κ2) is 2.73. The third-order valence-corrected chi connectivity index (χ3v) is 2.20. The maximum atomic E-state index is 4.48. The first kappa shape index (κ1) is 7.38. The smallest absolute Gasteiger partial charge is 0.112 e. The number of hydrogen-bond acceptors (Lipinski definition) is 3. The Labute approximate surface area is 80.4 Å². The molecule has 0 radical (unpaired) electrons. The van der Waals surface area contributed by atoms with Gasteiger partial charge in [-0.1, -0.05) is 18.2 Å². The monoisotopic (exact) mass is 181 g/mol. The fourth-order valence-electron chi connectivity index (χ4n) is 1.52. The van der Waals surface area contributed by atoms with Gasteiger partial charge < -0.3 is 0 Å². The van der Waals surface area contributed by atoms with E-state index in [-0.39, 0.29) is 0 Å². The third-order valence-electron chi connectivity index (χ3n) is 2.20. The van der Waals surface area contributed by atoms with Crippen LogP contribution in [0.1, 0.15) is 0 Å². The van der Waals surface area contributed by atoms with Gasteiger partial charge in [0.2, 0.25) is 0 Å². The van der Waals surface area contributed by atoms with Gasteiger partial charge in [-0.25, -0.2) is 4.98 Å². The molecule has 1 aromatic carbocycles. The first-order valence-electron chi connectivity index (χ1n) is 4.41. The molecule has 0 spiro atoms. The SMILES string of the molecule is c1ccc2nc3ccnnc3cc2c1. The van der Waals surface area contributed by atoms with E-state index in [9.17, 15) is 0 Å². The molecule has 0 aliphatic heterocycles. The zero-order valence-corrected chi connectivity index (χ0v) is 7.38. The summed E-state index contributed by atoms with van der Waals surface area (Å²) in [4.78, 5) is 4.48. The van der Waals surface area contributed by atoms with Crippen LogP contribution in [0.3, 0.4) is 0 Å². The number of pyridine rings is 1. The number of fused-ring (bicyclic) bond motifs is 2. The molecule has 66 valence electrons. The minimum atomic E-state index is 0.839. The van der Waals surface area contributed by atoms with E-state index in [4.69, 9.17) is 0 Å². The second-order valence-corrected chi connectivity index (χ2v) is 3.12. The van der Waals surface area contributed by atoms with E-state index in [1.807, 2.05) is 36.4 Å². The highest BCUT2D eigenvalue weighted by Gasteiger charge is 1.98. The van der Waals surface area contributed by atoms with E-state index in [1.165, 1.54) is 0 Å². The lowest BCUT2D eigenvalue weighted by Gasteiger charge is -1.98. The second-order valence-electron chi connectivity index (χ2n) is 3.12. The lowest BCUT2D eigenvalue weighted by Crippen LogP contribution is -1.86. The summed E-state index contributed by atoms with van der Waals surface area (Å²) < 4.78 is 0. The minimum Gasteiger partial charge on any atom is -0.246 e. The van der Waals surface area contributed by atoms with E-state index < -0.39 is 0 Å². The quantitative estimate of drug-likeness (QED) is 0.499. The number of rotatable bonds is 0. The molecule has 0 atom stereocenters. The van der Waals surface area contributed by atoms with Crippen LogP contribution in [0.4, 0.5) is 0 Å². The van der Waals surface area contributed by atoms with Crippen molar-refractivity contribution in [3.8, 4) is 0 Å². The van der Waals surface area contributed by atoms with Crippen LogP contribution in [-0.4, -0.2) is 15.2 Å². The lowest BCUT2D eigenvalue weighted by atomic mass is 10.2. The van der Waals surface area contributed by atoms with E-state index in [0.717, 1.165) is 21.9 Å². The first-order chi connectivity index (χ1) is 6.93. The number of para-hydroxylation sites is 1. The Kier molecular flexibility index (Phi) is 1.44. The number of nitrogens with zero attached hydrogens (tertiary/aromatic N) is 3. The van der Waals surface area contributed by atoms with E-state index in [2.05, 4.69) is 15.2 Å². The molecule has 0 saturated carbocycles. The molecular formula is C11H7N3. The topological polar surface area (TPSA) is 38.7 Å². The molecule has 14 heavy (non-hydrogen) atoms. The van der Waals surface area contributed by atoms with Gasteiger partial charge in [0.05, 0.1) is 17.2 Å². The van der Waals surface area contributed by atoms with Gasteiger partial charge in [0.15, 0.2) is 0 Å². The Bertz CT molecular complexity index is 499. The first-order valence-corrected chi connectivity index (χ1v) is 4.41. The van der Waals surface area contributed by atoms with Crippen LogP contribution in [0.25, 0.3) is 21.9 Å². The maximum Gasteiger partial charge on any atom is 0.112 e. The van der Waals surface area contributed by atoms with Crippen molar-refractivity contribution in [3.05, 3.63) is 42.6 Å². The van der Waals surface area contributed by atoms with Crippen molar-refractivity contribution in [3.63, 3.8) is 0 Å². The molecule has 3 heteroatoms. The summed E-state index contributed by atoms with van der Waals surface area (Å²) in [6.07, 6.45) is 1.66. The molecule has 2 heterocycles. The number of benzene rings is 1. The van der Waals surface area contributed by atoms with Gasteiger partial charge >= 0.3 is 0 Å². The predicted molar refractivity (Wildman–Crippen MR) is 54.8 cm³/mol. The molecule has 0 unspecified atom stereocenters. The molecule has 0 bridgehead atoms. The van der Waals surface area contributed by atoms with Gasteiger partial charge in [-0.2, -0.15) is 5.10 Å². The van der Waals surface area contributed by atoms with Crippen LogP contribution in [0, 0.1) is 0 Å². The average molecular weight is 181 g/mol. The number of hydrogen-bond donors (Lipinski definition) is 0. The van der Waals surface area contributed by atoms with Crippen LogP contribution >= 0.6 is 0 Å². The Balaban J connectivity index is 2.52. The summed E-state index contributed by atoms with van der Waals surface area (Å²) in [6.45, 7) is 0. The van der Waals surface area contributed by atoms with E-state index in [0.29, 0.717) is 0 Å². The highest BCUT2D eigenvalue weighted by molar-refractivity contribution is 5.90. The molecule has 3 nitrogen and oxygen atoms in total. The third kappa shape index (κ3) is 1.03. The molecule has 0 aliphatic carbocycles. The summed E-state index contributed by atoms with van der Waals surface area (Å²) >= 11 is 0. The van der Waals surface area contributed by atoms with E-state index in [1.54, 1.807) is 6.20 Å². The molecule has 3 rings (SSSR count). The van der Waals surface area contributed by atoms with Gasteiger partial charge in [-0.3, -0.25) is 0 Å². The van der Waals surface area contributed by atoms with Crippen LogP contribution in [0.15, 0.2) is 42.6 Å². The van der Waals surface area contributed by atoms with Crippen LogP contribution in [0.5, 0.6) is 0 Å². The molecular weight excluding hydrogens is 174 g/mol. The standard InChI is InChI=1S/C11H7N3/c1-2-4-9-8(3-1)7-11-10(13-9)5-6-12-14-11/h1-7H. The molecule has 2 aromatic heterocycles. The maximum absolute atomic E-state index is 4.48. The van der Waals surface area contributed by atoms with Crippen molar-refractivity contribution in [1.29, 1.82) is 0 Å². The Hall–Kier alpha value is -2.03. The zero-order chi connectivity index (χ0) is 9.38. The Morgan fingerprint density at radius 2 is 1.79 bits per heavy atom. The fourth-order valence-corrected chi connectivity index (χ4v) is 1.52. The molecule has 0 saturated heterocycles. The van der Waals surface area contributed by atoms with Crippen molar-refractivity contribution in [2.75, 3.05) is 0 Å². The van der Waals surface area contributed by atoms with Gasteiger partial charge in [0.25, 0.3) is 0 Å². The highest BCUT2D eigenvalue weighted by atomic mass is 15.1. The van der Waals surface area contributed by atoms with Crippen molar-refractivity contribution < 1.29 is 0 Å². The average Bonchev–Trinajstić information content (AvgIpc) is 2.26. The van der Waals surface area contributed by atoms with Crippen LogP contribution in [-0.2, 0) is 0 Å². The van der Waals surface area contributed by atoms with Gasteiger partial charge in [0.1, 0.15) is 5.52 Å². The number of aromatic nitrogens is 3. The summed E-state index contributed by atoms with van der Waals surface area (Å²) in [5.41, 5.74) is 2.72. The van der Waals surface area contributed by atoms with Gasteiger partial charge in [0, 0.05) is 5.39 Å². The van der Waals surface area contributed by atoms with Crippen molar-refractivity contribution in [2.45, 2.75) is 0 Å². The molecule has 3 aromatic rings. The summed E-state index contributed by atoms with van der Waals surface area (Å²) in [5, 5.41) is 8.95. The molecule has 0 N–H and O–H groups in total. The fraction of sp³-hybridized carbons (Fsp3) is 0. The summed E-state index contributed by atoms with van der Waals surface area (Å²) in [5.74, 6) is 0. The van der Waals surface area contributed by atoms with Crippen molar-refractivity contribution in [1.82, 2.24) is 15.2 Å². The summed E-state index contributed by atoms with van der Waals surface area (Å²) in [7, 11) is 0. The predicted octanol–water partition coefficient (Wildman–Crippen LogP) is 2.18. The lowest BCUT2D eigenvalue weighted by molar-refractivity contribution is 1.07. The summed E-state index contributed by atoms with van der Waals surface area (Å²) in [6, 6.07) is 11.9. The Morgan fingerprint density at radius 3 is 2.79 bits per heavy atom. The zero-order valence-electron chi connectivity index (χ0n) is 7.38. The van der Waals surface area contributed by atoms with Crippen LogP contribution < -0.4 is 0 Å². The minimum absolute atomic E-state index is 0.839. The largest absolute Gasteiger partial charge is 0.246 e. The molecule has 0 amide bonds. The molecule has 0 fully saturated rings. The van der Waals surface area contributed by atoms with Gasteiger partial charge in [-0.15, -0.1) is 5.10 Å². The van der Waals surface area contributed by atoms with Crippen molar-refractivity contribution >= 4 is 21.9 Å². The Morgan fingerprint density at radius 1 is 0.857 bits per heavy atom. The normalized spacial score (nSPS) is 10.9.